The first-order chi connectivity index (χ1) is 10.1. The second-order valence-corrected chi connectivity index (χ2v) is 6.80. The average molecular weight is 309 g/mol. The molecule has 0 N–H and O–H groups in total. The minimum Gasteiger partial charge on any atom is -0.370 e. The van der Waals surface area contributed by atoms with Crippen LogP contribution in [0.5, 0.6) is 0 Å². The van der Waals surface area contributed by atoms with Crippen molar-refractivity contribution in [2.45, 2.75) is 46.1 Å². The summed E-state index contributed by atoms with van der Waals surface area (Å²) < 4.78 is 1.59. The molecule has 4 nitrogen and oxygen atoms in total. The minimum absolute atomic E-state index is 0.0178. The summed E-state index contributed by atoms with van der Waals surface area (Å²) >= 11 is 4.25. The third-order valence-corrected chi connectivity index (χ3v) is 4.72. The lowest BCUT2D eigenvalue weighted by molar-refractivity contribution is 0.431. The molecule has 0 bridgehead atoms. The molecule has 0 radical (unpaired) electrons. The van der Waals surface area contributed by atoms with E-state index in [0.29, 0.717) is 12.5 Å². The van der Waals surface area contributed by atoms with Gasteiger partial charge in [0, 0.05) is 25.7 Å². The Morgan fingerprint density at radius 2 is 2.10 bits per heavy atom. The molecule has 0 aromatic carbocycles. The van der Waals surface area contributed by atoms with E-state index in [0.717, 1.165) is 43.3 Å². The predicted octanol–water partition coefficient (Wildman–Crippen LogP) is 2.83. The van der Waals surface area contributed by atoms with E-state index < -0.39 is 0 Å². The van der Waals surface area contributed by atoms with Crippen LogP contribution >= 0.6 is 12.6 Å². The summed E-state index contributed by atoms with van der Waals surface area (Å²) in [5, 5.41) is 4.35. The fraction of sp³-hybridized carbons (Fsp3) is 0.750. The molecule has 1 aliphatic heterocycles. The number of hydrogen-bond donors (Lipinski definition) is 1. The van der Waals surface area contributed by atoms with Gasteiger partial charge >= 0.3 is 0 Å². The van der Waals surface area contributed by atoms with Crippen LogP contribution in [0.1, 0.15) is 39.5 Å². The second kappa shape index (κ2) is 7.87. The van der Waals surface area contributed by atoms with Gasteiger partial charge < -0.3 is 4.90 Å². The van der Waals surface area contributed by atoms with E-state index >= 15 is 0 Å². The predicted molar refractivity (Wildman–Crippen MR) is 91.4 cm³/mol. The molecule has 1 aromatic heterocycles. The van der Waals surface area contributed by atoms with Crippen LogP contribution in [0.3, 0.4) is 0 Å². The molecular weight excluding hydrogens is 282 g/mol. The van der Waals surface area contributed by atoms with Crippen LogP contribution in [-0.2, 0) is 6.54 Å². The SMILES string of the molecule is CC1CCN(c2cnn(CCC(C)CCS)c(=O)c2)CC1. The highest BCUT2D eigenvalue weighted by atomic mass is 32.1. The Bertz CT molecular complexity index is 495. The van der Waals surface area contributed by atoms with Gasteiger partial charge in [-0.3, -0.25) is 4.79 Å². The van der Waals surface area contributed by atoms with E-state index in [4.69, 9.17) is 0 Å². The van der Waals surface area contributed by atoms with Crippen molar-refractivity contribution >= 4 is 18.3 Å². The summed E-state index contributed by atoms with van der Waals surface area (Å²) in [5.41, 5.74) is 0.996. The number of nitrogens with zero attached hydrogens (tertiary/aromatic N) is 3. The van der Waals surface area contributed by atoms with Crippen LogP contribution in [-0.4, -0.2) is 28.6 Å². The molecule has 1 saturated heterocycles. The van der Waals surface area contributed by atoms with Crippen molar-refractivity contribution in [1.29, 1.82) is 0 Å². The Balaban J connectivity index is 1.96. The molecule has 1 aromatic rings. The van der Waals surface area contributed by atoms with E-state index in [1.807, 2.05) is 6.20 Å². The van der Waals surface area contributed by atoms with Gasteiger partial charge in [0.25, 0.3) is 5.56 Å². The average Bonchev–Trinajstić information content (AvgIpc) is 2.47. The lowest BCUT2D eigenvalue weighted by Crippen LogP contribution is -2.34. The Morgan fingerprint density at radius 1 is 1.38 bits per heavy atom. The first kappa shape index (κ1) is 16.4. The molecule has 1 fully saturated rings. The summed E-state index contributed by atoms with van der Waals surface area (Å²) in [6.07, 6.45) is 6.31. The Hall–Kier alpha value is -0.970. The number of aromatic nitrogens is 2. The van der Waals surface area contributed by atoms with Gasteiger partial charge in [-0.2, -0.15) is 17.7 Å². The molecule has 1 aliphatic rings. The highest BCUT2D eigenvalue weighted by Crippen LogP contribution is 2.21. The molecule has 1 unspecified atom stereocenters. The molecular formula is C16H27N3OS. The third-order valence-electron chi connectivity index (χ3n) is 4.46. The quantitative estimate of drug-likeness (QED) is 0.821. The van der Waals surface area contributed by atoms with Gasteiger partial charge in [-0.1, -0.05) is 13.8 Å². The lowest BCUT2D eigenvalue weighted by Gasteiger charge is -2.31. The van der Waals surface area contributed by atoms with Crippen molar-refractivity contribution in [3.63, 3.8) is 0 Å². The number of piperidine rings is 1. The van der Waals surface area contributed by atoms with Gasteiger partial charge in [0.1, 0.15) is 0 Å². The number of aryl methyl sites for hydroxylation is 1. The second-order valence-electron chi connectivity index (χ2n) is 6.35. The molecule has 2 heterocycles. The largest absolute Gasteiger partial charge is 0.370 e. The van der Waals surface area contributed by atoms with E-state index in [1.54, 1.807) is 10.7 Å². The van der Waals surface area contributed by atoms with E-state index in [2.05, 4.69) is 36.5 Å². The van der Waals surface area contributed by atoms with Crippen molar-refractivity contribution in [1.82, 2.24) is 9.78 Å². The minimum atomic E-state index is 0.0178. The van der Waals surface area contributed by atoms with E-state index in [1.165, 1.54) is 12.8 Å². The zero-order valence-electron chi connectivity index (χ0n) is 13.2. The van der Waals surface area contributed by atoms with Gasteiger partial charge in [0.05, 0.1) is 11.9 Å². The monoisotopic (exact) mass is 309 g/mol. The molecule has 21 heavy (non-hydrogen) atoms. The Kier molecular flexibility index (Phi) is 6.15. The van der Waals surface area contributed by atoms with Crippen molar-refractivity contribution < 1.29 is 0 Å². The van der Waals surface area contributed by atoms with Crippen LogP contribution in [0.4, 0.5) is 5.69 Å². The maximum atomic E-state index is 12.2. The summed E-state index contributed by atoms with van der Waals surface area (Å²) in [6, 6.07) is 1.74. The van der Waals surface area contributed by atoms with E-state index in [-0.39, 0.29) is 5.56 Å². The maximum Gasteiger partial charge on any atom is 0.268 e. The van der Waals surface area contributed by atoms with E-state index in [9.17, 15) is 4.79 Å². The van der Waals surface area contributed by atoms with Crippen LogP contribution in [0.25, 0.3) is 0 Å². The van der Waals surface area contributed by atoms with Gasteiger partial charge in [0.15, 0.2) is 0 Å². The van der Waals surface area contributed by atoms with Gasteiger partial charge in [-0.25, -0.2) is 4.68 Å². The summed E-state index contributed by atoms with van der Waals surface area (Å²) in [6.45, 7) is 7.26. The normalized spacial score (nSPS) is 18.0. The summed E-state index contributed by atoms with van der Waals surface area (Å²) in [7, 11) is 0. The highest BCUT2D eigenvalue weighted by molar-refractivity contribution is 7.80. The molecule has 0 amide bonds. The Morgan fingerprint density at radius 3 is 2.71 bits per heavy atom. The first-order valence-corrected chi connectivity index (χ1v) is 8.66. The number of anilines is 1. The third kappa shape index (κ3) is 4.77. The standard InChI is InChI=1S/C16H27N3OS/c1-13-3-7-18(8-4-13)15-11-16(20)19(17-12-15)9-5-14(2)6-10-21/h11-14,21H,3-10H2,1-2H3. The fourth-order valence-corrected chi connectivity index (χ4v) is 3.18. The summed E-state index contributed by atoms with van der Waals surface area (Å²) in [5.74, 6) is 2.28. The van der Waals surface area contributed by atoms with Crippen LogP contribution < -0.4 is 10.5 Å². The maximum absolute atomic E-state index is 12.2. The van der Waals surface area contributed by atoms with Crippen LogP contribution in [0, 0.1) is 11.8 Å². The molecule has 1 atom stereocenters. The van der Waals surface area contributed by atoms with Crippen LogP contribution in [0.15, 0.2) is 17.1 Å². The van der Waals surface area contributed by atoms with Crippen molar-refractivity contribution in [3.05, 3.63) is 22.6 Å². The van der Waals surface area contributed by atoms with Crippen molar-refractivity contribution in [2.75, 3.05) is 23.7 Å². The molecule has 0 saturated carbocycles. The molecule has 0 spiro atoms. The molecule has 118 valence electrons. The summed E-state index contributed by atoms with van der Waals surface area (Å²) in [4.78, 5) is 14.5. The molecule has 2 rings (SSSR count). The number of hydrogen-bond acceptors (Lipinski definition) is 4. The lowest BCUT2D eigenvalue weighted by atomic mass is 9.99. The van der Waals surface area contributed by atoms with Gasteiger partial charge in [-0.15, -0.1) is 0 Å². The van der Waals surface area contributed by atoms with Crippen molar-refractivity contribution in [2.24, 2.45) is 11.8 Å². The first-order valence-electron chi connectivity index (χ1n) is 8.03. The topological polar surface area (TPSA) is 38.1 Å². The van der Waals surface area contributed by atoms with Gasteiger partial charge in [-0.05, 0) is 43.3 Å². The smallest absolute Gasteiger partial charge is 0.268 e. The fourth-order valence-electron chi connectivity index (χ4n) is 2.74. The van der Waals surface area contributed by atoms with Crippen LogP contribution in [0.2, 0.25) is 0 Å². The zero-order valence-corrected chi connectivity index (χ0v) is 14.1. The van der Waals surface area contributed by atoms with Gasteiger partial charge in [0.2, 0.25) is 0 Å². The molecule has 0 aliphatic carbocycles. The Labute approximate surface area is 132 Å². The highest BCUT2D eigenvalue weighted by Gasteiger charge is 2.17. The van der Waals surface area contributed by atoms with Crippen molar-refractivity contribution in [3.8, 4) is 0 Å². The number of rotatable bonds is 6. The molecule has 5 heteroatoms. The zero-order chi connectivity index (χ0) is 15.2. The number of thiol groups is 1.